The van der Waals surface area contributed by atoms with Gasteiger partial charge in [-0.1, -0.05) is 74.0 Å². The van der Waals surface area contributed by atoms with Crippen molar-refractivity contribution < 1.29 is 0 Å². The summed E-state index contributed by atoms with van der Waals surface area (Å²) in [6.45, 7) is 4.18. The minimum absolute atomic E-state index is 0.757. The summed E-state index contributed by atoms with van der Waals surface area (Å²) in [5, 5.41) is 0. The molecule has 0 bridgehead atoms. The standard InChI is InChI=1S/C19H22S/c1-15-9-4-2-7-12-17-13-8-14-18(19(17)20-15)16-10-5-3-6-11-16/h2,4,7-9,13-14,16H,1,3,5-6,10-12H2/b7-2-,9-4-. The first-order chi connectivity index (χ1) is 9.84. The molecule has 0 radical (unpaired) electrons. The van der Waals surface area contributed by atoms with E-state index in [4.69, 9.17) is 0 Å². The molecule has 0 amide bonds. The van der Waals surface area contributed by atoms with Crippen molar-refractivity contribution in [3.63, 3.8) is 0 Å². The summed E-state index contributed by atoms with van der Waals surface area (Å²) >= 11 is 1.86. The van der Waals surface area contributed by atoms with Crippen LogP contribution < -0.4 is 0 Å². The summed E-state index contributed by atoms with van der Waals surface area (Å²) in [6, 6.07) is 6.86. The molecule has 1 aromatic rings. The van der Waals surface area contributed by atoms with Gasteiger partial charge in [-0.3, -0.25) is 0 Å². The van der Waals surface area contributed by atoms with Crippen molar-refractivity contribution in [2.75, 3.05) is 0 Å². The Morgan fingerprint density at radius 2 is 1.90 bits per heavy atom. The van der Waals surface area contributed by atoms with Crippen molar-refractivity contribution in [2.24, 2.45) is 0 Å². The first kappa shape index (κ1) is 13.8. The molecule has 104 valence electrons. The fraction of sp³-hybridized carbons (Fsp3) is 0.368. The third-order valence-electron chi connectivity index (χ3n) is 4.27. The van der Waals surface area contributed by atoms with Gasteiger partial charge in [0.25, 0.3) is 0 Å². The molecule has 1 saturated carbocycles. The maximum absolute atomic E-state index is 4.18. The molecule has 1 heterocycles. The first-order valence-corrected chi connectivity index (χ1v) is 8.48. The van der Waals surface area contributed by atoms with Crippen LogP contribution in [0.3, 0.4) is 0 Å². The Hall–Kier alpha value is -1.21. The SMILES string of the molecule is C=C1/C=C\C=C/Cc2cccc(C3CCCCC3)c2S1. The summed E-state index contributed by atoms with van der Waals surface area (Å²) in [5.41, 5.74) is 3.02. The fourth-order valence-corrected chi connectivity index (χ4v) is 4.27. The zero-order chi connectivity index (χ0) is 13.8. The number of hydrogen-bond acceptors (Lipinski definition) is 1. The molecule has 0 unspecified atom stereocenters. The molecular formula is C19H22S. The van der Waals surface area contributed by atoms with Gasteiger partial charge in [-0.15, -0.1) is 0 Å². The Kier molecular flexibility index (Phi) is 4.47. The number of benzene rings is 1. The molecule has 20 heavy (non-hydrogen) atoms. The summed E-state index contributed by atoms with van der Waals surface area (Å²) in [7, 11) is 0. The predicted molar refractivity (Wildman–Crippen MR) is 89.2 cm³/mol. The highest BCUT2D eigenvalue weighted by Crippen LogP contribution is 2.41. The molecule has 1 heteroatoms. The van der Waals surface area contributed by atoms with Crippen LogP contribution >= 0.6 is 11.8 Å². The molecule has 1 aromatic carbocycles. The topological polar surface area (TPSA) is 0 Å². The van der Waals surface area contributed by atoms with E-state index in [1.807, 2.05) is 11.8 Å². The van der Waals surface area contributed by atoms with Crippen molar-refractivity contribution in [3.05, 3.63) is 65.1 Å². The average molecular weight is 282 g/mol. The number of rotatable bonds is 1. The van der Waals surface area contributed by atoms with Crippen molar-refractivity contribution in [1.29, 1.82) is 0 Å². The second-order valence-corrected chi connectivity index (χ2v) is 6.87. The van der Waals surface area contributed by atoms with Gasteiger partial charge in [0, 0.05) is 9.80 Å². The first-order valence-electron chi connectivity index (χ1n) is 7.66. The average Bonchev–Trinajstić information content (AvgIpc) is 2.57. The number of allylic oxidation sites excluding steroid dienone is 4. The van der Waals surface area contributed by atoms with Crippen LogP contribution in [-0.4, -0.2) is 0 Å². The molecule has 0 nitrogen and oxygen atoms in total. The van der Waals surface area contributed by atoms with Gasteiger partial charge in [0.05, 0.1) is 0 Å². The van der Waals surface area contributed by atoms with E-state index < -0.39 is 0 Å². The second-order valence-electron chi connectivity index (χ2n) is 5.73. The lowest BCUT2D eigenvalue weighted by atomic mass is 9.83. The van der Waals surface area contributed by atoms with Crippen LogP contribution in [-0.2, 0) is 6.42 Å². The van der Waals surface area contributed by atoms with E-state index in [0.717, 1.165) is 17.2 Å². The zero-order valence-electron chi connectivity index (χ0n) is 12.0. The van der Waals surface area contributed by atoms with E-state index in [1.165, 1.54) is 42.6 Å². The maximum Gasteiger partial charge on any atom is 0.0192 e. The van der Waals surface area contributed by atoms with Crippen molar-refractivity contribution in [1.82, 2.24) is 0 Å². The lowest BCUT2D eigenvalue weighted by Crippen LogP contribution is -2.07. The Morgan fingerprint density at radius 1 is 1.05 bits per heavy atom. The van der Waals surface area contributed by atoms with E-state index in [0.29, 0.717) is 0 Å². The van der Waals surface area contributed by atoms with E-state index in [-0.39, 0.29) is 0 Å². The fourth-order valence-electron chi connectivity index (χ4n) is 3.23. The van der Waals surface area contributed by atoms with Gasteiger partial charge in [0.2, 0.25) is 0 Å². The lowest BCUT2D eigenvalue weighted by molar-refractivity contribution is 0.439. The van der Waals surface area contributed by atoms with Crippen LogP contribution in [0.2, 0.25) is 0 Å². The molecule has 0 N–H and O–H groups in total. The van der Waals surface area contributed by atoms with Crippen molar-refractivity contribution >= 4 is 11.8 Å². The number of fused-ring (bicyclic) bond motifs is 1. The van der Waals surface area contributed by atoms with E-state index >= 15 is 0 Å². The van der Waals surface area contributed by atoms with Crippen LogP contribution in [0.15, 0.2) is 58.9 Å². The second kappa shape index (κ2) is 6.49. The molecule has 1 aliphatic carbocycles. The predicted octanol–water partition coefficient (Wildman–Crippen LogP) is 6.01. The van der Waals surface area contributed by atoms with Gasteiger partial charge in [-0.25, -0.2) is 0 Å². The molecule has 0 atom stereocenters. The molecule has 3 rings (SSSR count). The Bertz CT molecular complexity index is 545. The third kappa shape index (κ3) is 3.09. The summed E-state index contributed by atoms with van der Waals surface area (Å²) in [6.07, 6.45) is 16.5. The van der Waals surface area contributed by atoms with Gasteiger partial charge >= 0.3 is 0 Å². The number of hydrogen-bond donors (Lipinski definition) is 0. The molecule has 1 aliphatic heterocycles. The lowest BCUT2D eigenvalue weighted by Gasteiger charge is -2.25. The molecule has 0 aromatic heterocycles. The van der Waals surface area contributed by atoms with Gasteiger partial charge in [0.15, 0.2) is 0 Å². The van der Waals surface area contributed by atoms with Crippen LogP contribution in [0.1, 0.15) is 49.1 Å². The molecular weight excluding hydrogens is 260 g/mol. The zero-order valence-corrected chi connectivity index (χ0v) is 12.8. The third-order valence-corrected chi connectivity index (χ3v) is 5.37. The molecule has 2 aliphatic rings. The van der Waals surface area contributed by atoms with E-state index in [2.05, 4.69) is 49.1 Å². The van der Waals surface area contributed by atoms with E-state index in [1.54, 1.807) is 5.56 Å². The highest BCUT2D eigenvalue weighted by molar-refractivity contribution is 8.03. The quantitative estimate of drug-likeness (QED) is 0.608. The summed E-state index contributed by atoms with van der Waals surface area (Å²) in [5.74, 6) is 0.757. The minimum atomic E-state index is 0.757. The molecule has 0 saturated heterocycles. The largest absolute Gasteiger partial charge is 0.0901 e. The van der Waals surface area contributed by atoms with Gasteiger partial charge in [-0.2, -0.15) is 0 Å². The Labute approximate surface area is 126 Å². The van der Waals surface area contributed by atoms with Crippen molar-refractivity contribution in [3.8, 4) is 0 Å². The van der Waals surface area contributed by atoms with Gasteiger partial charge in [-0.05, 0) is 42.4 Å². The normalized spacial score (nSPS) is 23.3. The van der Waals surface area contributed by atoms with Crippen LogP contribution in [0.25, 0.3) is 0 Å². The van der Waals surface area contributed by atoms with Crippen LogP contribution in [0.4, 0.5) is 0 Å². The minimum Gasteiger partial charge on any atom is -0.0901 e. The monoisotopic (exact) mass is 282 g/mol. The van der Waals surface area contributed by atoms with Gasteiger partial charge in [0.1, 0.15) is 0 Å². The number of thioether (sulfide) groups is 1. The summed E-state index contributed by atoms with van der Waals surface area (Å²) < 4.78 is 0. The highest BCUT2D eigenvalue weighted by Gasteiger charge is 2.20. The van der Waals surface area contributed by atoms with E-state index in [9.17, 15) is 0 Å². The molecule has 1 fully saturated rings. The van der Waals surface area contributed by atoms with Gasteiger partial charge < -0.3 is 0 Å². The molecule has 0 spiro atoms. The van der Waals surface area contributed by atoms with Crippen molar-refractivity contribution in [2.45, 2.75) is 49.3 Å². The summed E-state index contributed by atoms with van der Waals surface area (Å²) in [4.78, 5) is 2.61. The highest BCUT2D eigenvalue weighted by atomic mass is 32.2. The van der Waals surface area contributed by atoms with Crippen LogP contribution in [0.5, 0.6) is 0 Å². The van der Waals surface area contributed by atoms with Crippen LogP contribution in [0, 0.1) is 0 Å². The Balaban J connectivity index is 1.99. The Morgan fingerprint density at radius 3 is 2.75 bits per heavy atom. The smallest absolute Gasteiger partial charge is 0.0192 e. The maximum atomic E-state index is 4.18.